The van der Waals surface area contributed by atoms with Crippen LogP contribution in [-0.4, -0.2) is 52.4 Å². The molecule has 1 N–H and O–H groups in total. The fraction of sp³-hybridized carbons (Fsp3) is 0.650. The monoisotopic (exact) mass is 501 g/mol. The Kier molecular flexibility index (Phi) is 8.88. The molecule has 12 heteroatoms. The van der Waals surface area contributed by atoms with E-state index < -0.39 is 33.9 Å². The van der Waals surface area contributed by atoms with Gasteiger partial charge in [0.15, 0.2) is 0 Å². The molecule has 1 aromatic rings. The van der Waals surface area contributed by atoms with Crippen LogP contribution in [0.3, 0.4) is 0 Å². The molecule has 1 fully saturated rings. The fourth-order valence-electron chi connectivity index (χ4n) is 3.48. The van der Waals surface area contributed by atoms with Crippen LogP contribution >= 0.6 is 11.3 Å². The first-order valence-corrected chi connectivity index (χ1v) is 12.3. The lowest BCUT2D eigenvalue weighted by atomic mass is 9.90. The molecule has 1 unspecified atom stereocenters. The molecule has 0 bridgehead atoms. The van der Waals surface area contributed by atoms with E-state index in [9.17, 15) is 30.8 Å². The smallest absolute Gasteiger partial charge is 0.465 e. The van der Waals surface area contributed by atoms with E-state index in [-0.39, 0.29) is 12.8 Å². The number of alkyl halides is 4. The summed E-state index contributed by atoms with van der Waals surface area (Å²) in [5.74, 6) is -0.445. The number of carbonyl (C=O) groups excluding carboxylic acids is 1. The van der Waals surface area contributed by atoms with Gasteiger partial charge in [-0.05, 0) is 70.2 Å². The fourth-order valence-corrected chi connectivity index (χ4v) is 5.20. The SMILES string of the molecule is COC(=O)c1csc(C(CCCC(C)(F)COS(=O)(=O)C(F)(F)F)=C2CCNCC2)c1C. The van der Waals surface area contributed by atoms with E-state index in [1.54, 1.807) is 5.38 Å². The number of allylic oxidation sites excluding steroid dienone is 1. The van der Waals surface area contributed by atoms with Crippen LogP contribution in [0.1, 0.15) is 59.8 Å². The van der Waals surface area contributed by atoms with E-state index in [1.165, 1.54) is 24.0 Å². The molecule has 1 aromatic heterocycles. The molecule has 0 aliphatic carbocycles. The summed E-state index contributed by atoms with van der Waals surface area (Å²) in [5.41, 5.74) is -4.45. The summed E-state index contributed by atoms with van der Waals surface area (Å²) < 4.78 is 82.7. The van der Waals surface area contributed by atoms with Crippen LogP contribution in [0.2, 0.25) is 0 Å². The van der Waals surface area contributed by atoms with Crippen molar-refractivity contribution in [1.29, 1.82) is 0 Å². The number of esters is 1. The maximum Gasteiger partial charge on any atom is 0.523 e. The summed E-state index contributed by atoms with van der Waals surface area (Å²) in [6.45, 7) is 3.19. The van der Waals surface area contributed by atoms with Crippen LogP contribution in [-0.2, 0) is 19.0 Å². The molecule has 2 heterocycles. The second-order valence-electron chi connectivity index (χ2n) is 7.86. The summed E-state index contributed by atoms with van der Waals surface area (Å²) in [6.07, 6.45) is 2.09. The second-order valence-corrected chi connectivity index (χ2v) is 10.3. The number of carbonyl (C=O) groups is 1. The van der Waals surface area contributed by atoms with Crippen molar-refractivity contribution in [2.75, 3.05) is 26.8 Å². The van der Waals surface area contributed by atoms with Gasteiger partial charge in [-0.1, -0.05) is 5.57 Å². The number of nitrogens with one attached hydrogen (secondary N) is 1. The normalized spacial score (nSPS) is 17.2. The van der Waals surface area contributed by atoms with Crippen molar-refractivity contribution in [2.45, 2.75) is 57.1 Å². The molecule has 32 heavy (non-hydrogen) atoms. The van der Waals surface area contributed by atoms with Gasteiger partial charge in [-0.25, -0.2) is 9.18 Å². The molecular formula is C20H27F4NO5S2. The van der Waals surface area contributed by atoms with E-state index in [0.29, 0.717) is 12.0 Å². The first kappa shape index (κ1) is 26.7. The van der Waals surface area contributed by atoms with E-state index in [0.717, 1.165) is 48.9 Å². The Morgan fingerprint density at radius 2 is 1.84 bits per heavy atom. The number of hydrogen-bond acceptors (Lipinski definition) is 7. The van der Waals surface area contributed by atoms with Crippen molar-refractivity contribution in [2.24, 2.45) is 0 Å². The maximum absolute atomic E-state index is 14.7. The molecule has 2 rings (SSSR count). The van der Waals surface area contributed by atoms with Gasteiger partial charge in [0.25, 0.3) is 0 Å². The number of methoxy groups -OCH3 is 1. The van der Waals surface area contributed by atoms with Crippen molar-refractivity contribution >= 4 is 33.0 Å². The van der Waals surface area contributed by atoms with Gasteiger partial charge >= 0.3 is 21.6 Å². The molecule has 182 valence electrons. The van der Waals surface area contributed by atoms with Gasteiger partial charge < -0.3 is 10.1 Å². The zero-order valence-corrected chi connectivity index (χ0v) is 19.7. The molecule has 1 saturated heterocycles. The first-order valence-electron chi connectivity index (χ1n) is 10.0. The summed E-state index contributed by atoms with van der Waals surface area (Å²) in [5, 5.41) is 4.98. The van der Waals surface area contributed by atoms with Crippen molar-refractivity contribution in [3.63, 3.8) is 0 Å². The third-order valence-corrected chi connectivity index (χ3v) is 7.41. The molecule has 0 amide bonds. The minimum absolute atomic E-state index is 0.191. The van der Waals surface area contributed by atoms with Crippen LogP contribution in [0, 0.1) is 6.92 Å². The van der Waals surface area contributed by atoms with E-state index in [1.807, 2.05) is 6.92 Å². The summed E-state index contributed by atoms with van der Waals surface area (Å²) in [7, 11) is -4.54. The Labute approximate surface area is 189 Å². The Morgan fingerprint density at radius 3 is 2.41 bits per heavy atom. The lowest BCUT2D eigenvalue weighted by molar-refractivity contribution is -0.0573. The Bertz CT molecular complexity index is 944. The zero-order valence-electron chi connectivity index (χ0n) is 18.1. The quantitative estimate of drug-likeness (QED) is 0.228. The van der Waals surface area contributed by atoms with Gasteiger partial charge in [-0.2, -0.15) is 21.6 Å². The van der Waals surface area contributed by atoms with E-state index in [2.05, 4.69) is 9.50 Å². The highest BCUT2D eigenvalue weighted by Crippen LogP contribution is 2.37. The van der Waals surface area contributed by atoms with Gasteiger partial charge in [-0.15, -0.1) is 11.3 Å². The molecular weight excluding hydrogens is 474 g/mol. The predicted molar refractivity (Wildman–Crippen MR) is 114 cm³/mol. The summed E-state index contributed by atoms with van der Waals surface area (Å²) >= 11 is 1.39. The van der Waals surface area contributed by atoms with Gasteiger partial charge in [0.1, 0.15) is 12.3 Å². The molecule has 1 aliphatic rings. The Morgan fingerprint density at radius 1 is 1.22 bits per heavy atom. The van der Waals surface area contributed by atoms with Crippen molar-refractivity contribution < 1.29 is 39.7 Å². The molecule has 1 atom stereocenters. The van der Waals surface area contributed by atoms with Crippen LogP contribution in [0.4, 0.5) is 17.6 Å². The highest BCUT2D eigenvalue weighted by Gasteiger charge is 2.48. The Hall–Kier alpha value is -1.50. The molecule has 0 saturated carbocycles. The summed E-state index contributed by atoms with van der Waals surface area (Å²) in [4.78, 5) is 12.9. The van der Waals surface area contributed by atoms with E-state index in [4.69, 9.17) is 4.74 Å². The molecule has 6 nitrogen and oxygen atoms in total. The van der Waals surface area contributed by atoms with Gasteiger partial charge in [0, 0.05) is 10.3 Å². The molecule has 0 spiro atoms. The van der Waals surface area contributed by atoms with Crippen molar-refractivity contribution in [3.8, 4) is 0 Å². The molecule has 1 aliphatic heterocycles. The van der Waals surface area contributed by atoms with Crippen molar-refractivity contribution in [1.82, 2.24) is 5.32 Å². The lowest BCUT2D eigenvalue weighted by Crippen LogP contribution is -2.32. The van der Waals surface area contributed by atoms with Crippen LogP contribution in [0.25, 0.3) is 5.57 Å². The lowest BCUT2D eigenvalue weighted by Gasteiger charge is -2.23. The minimum Gasteiger partial charge on any atom is -0.465 e. The average Bonchev–Trinajstić information content (AvgIpc) is 3.10. The maximum atomic E-state index is 14.7. The zero-order chi connectivity index (χ0) is 24.2. The second kappa shape index (κ2) is 10.6. The van der Waals surface area contributed by atoms with Gasteiger partial charge in [-0.3, -0.25) is 4.18 Å². The third kappa shape index (κ3) is 6.75. The number of halogens is 4. The van der Waals surface area contributed by atoms with Crippen LogP contribution in [0.15, 0.2) is 11.0 Å². The van der Waals surface area contributed by atoms with Gasteiger partial charge in [0.2, 0.25) is 0 Å². The number of piperidine rings is 1. The van der Waals surface area contributed by atoms with Crippen LogP contribution in [0.5, 0.6) is 0 Å². The Balaban J connectivity index is 2.14. The largest absolute Gasteiger partial charge is 0.523 e. The highest BCUT2D eigenvalue weighted by molar-refractivity contribution is 7.87. The minimum atomic E-state index is -5.84. The topological polar surface area (TPSA) is 81.7 Å². The van der Waals surface area contributed by atoms with Gasteiger partial charge in [0.05, 0.1) is 12.7 Å². The molecule has 0 aromatic carbocycles. The standard InChI is InChI=1S/C20H27F4NO5S2/c1-13-16(18(26)29-3)11-31-17(13)15(14-6-9-25-10-7-14)5-4-8-19(2,21)12-30-32(27,28)20(22,23)24/h11,25H,4-10,12H2,1-3H3. The number of rotatable bonds is 9. The molecule has 0 radical (unpaired) electrons. The number of ether oxygens (including phenoxy) is 1. The van der Waals surface area contributed by atoms with Crippen molar-refractivity contribution in [3.05, 3.63) is 27.0 Å². The summed E-state index contributed by atoms with van der Waals surface area (Å²) in [6, 6.07) is 0. The predicted octanol–water partition coefficient (Wildman–Crippen LogP) is 4.74. The van der Waals surface area contributed by atoms with Crippen LogP contribution < -0.4 is 5.32 Å². The van der Waals surface area contributed by atoms with E-state index >= 15 is 0 Å². The highest BCUT2D eigenvalue weighted by atomic mass is 32.2. The number of thiophene rings is 1. The average molecular weight is 502 g/mol. The third-order valence-electron chi connectivity index (χ3n) is 5.28. The number of hydrogen-bond donors (Lipinski definition) is 1. The first-order chi connectivity index (χ1) is 14.8.